The van der Waals surface area contributed by atoms with Crippen molar-refractivity contribution in [2.45, 2.75) is 52.2 Å². The largest absolute Gasteiger partial charge is 0.359 e. The fourth-order valence-electron chi connectivity index (χ4n) is 1.32. The van der Waals surface area contributed by atoms with E-state index in [1.807, 2.05) is 20.8 Å². The van der Waals surface area contributed by atoms with Gasteiger partial charge in [0.15, 0.2) is 5.17 Å². The van der Waals surface area contributed by atoms with Gasteiger partial charge in [0, 0.05) is 17.3 Å². The maximum absolute atomic E-state index is 11.6. The lowest BCUT2D eigenvalue weighted by molar-refractivity contribution is -0.122. The van der Waals surface area contributed by atoms with Crippen molar-refractivity contribution >= 4 is 22.8 Å². The second-order valence-corrected chi connectivity index (χ2v) is 6.04. The molecule has 1 unspecified atom stereocenters. The number of amidine groups is 1. The Morgan fingerprint density at radius 2 is 2.12 bits per heavy atom. The quantitative estimate of drug-likeness (QED) is 0.787. The number of amides is 1. The van der Waals surface area contributed by atoms with Crippen molar-refractivity contribution in [1.82, 2.24) is 10.6 Å². The third-order valence-electron chi connectivity index (χ3n) is 2.14. The van der Waals surface area contributed by atoms with Gasteiger partial charge >= 0.3 is 0 Å². The highest BCUT2D eigenvalue weighted by Crippen LogP contribution is 2.22. The van der Waals surface area contributed by atoms with Gasteiger partial charge < -0.3 is 10.6 Å². The molecule has 92 valence electrons. The summed E-state index contributed by atoms with van der Waals surface area (Å²) in [6.45, 7) is 9.97. The first-order valence-corrected chi connectivity index (χ1v) is 6.58. The summed E-state index contributed by atoms with van der Waals surface area (Å²) in [5.41, 5.74) is 0.0811. The first-order chi connectivity index (χ1) is 7.30. The fourth-order valence-corrected chi connectivity index (χ4v) is 2.47. The minimum Gasteiger partial charge on any atom is -0.359 e. The Balaban J connectivity index is 2.54. The van der Waals surface area contributed by atoms with Crippen molar-refractivity contribution in [2.24, 2.45) is 4.99 Å². The maximum Gasteiger partial charge on any atom is 0.244 e. The van der Waals surface area contributed by atoms with E-state index < -0.39 is 0 Å². The molecule has 0 aromatic heterocycles. The molecule has 2 N–H and O–H groups in total. The molecule has 1 fully saturated rings. The van der Waals surface area contributed by atoms with Crippen molar-refractivity contribution in [3.05, 3.63) is 0 Å². The number of thioether (sulfide) groups is 1. The Kier molecular flexibility index (Phi) is 4.24. The molecule has 5 heteroatoms. The van der Waals surface area contributed by atoms with E-state index in [0.29, 0.717) is 0 Å². The van der Waals surface area contributed by atoms with Crippen LogP contribution in [0.4, 0.5) is 0 Å². The van der Waals surface area contributed by atoms with Gasteiger partial charge in [-0.25, -0.2) is 4.99 Å². The smallest absolute Gasteiger partial charge is 0.244 e. The van der Waals surface area contributed by atoms with Gasteiger partial charge in [0.25, 0.3) is 0 Å². The van der Waals surface area contributed by atoms with Crippen LogP contribution < -0.4 is 10.6 Å². The molecule has 16 heavy (non-hydrogen) atoms. The van der Waals surface area contributed by atoms with Gasteiger partial charge in [-0.15, -0.1) is 0 Å². The van der Waals surface area contributed by atoms with Gasteiger partial charge in [0.05, 0.1) is 0 Å². The SMILES string of the molecule is CC(C)NC(=O)C(C)N=C1NC(C)(C)CS1. The zero-order valence-corrected chi connectivity index (χ0v) is 11.4. The number of hydrogen-bond donors (Lipinski definition) is 2. The second-order valence-electron chi connectivity index (χ2n) is 5.07. The van der Waals surface area contributed by atoms with Gasteiger partial charge in [0.1, 0.15) is 6.04 Å². The van der Waals surface area contributed by atoms with Crippen LogP contribution in [-0.2, 0) is 4.79 Å². The first-order valence-electron chi connectivity index (χ1n) is 5.59. The molecule has 1 heterocycles. The molecule has 1 rings (SSSR count). The van der Waals surface area contributed by atoms with Crippen LogP contribution in [0.25, 0.3) is 0 Å². The summed E-state index contributed by atoms with van der Waals surface area (Å²) in [6.07, 6.45) is 0. The molecule has 1 aliphatic heterocycles. The van der Waals surface area contributed by atoms with Crippen molar-refractivity contribution < 1.29 is 4.79 Å². The second kappa shape index (κ2) is 5.08. The highest BCUT2D eigenvalue weighted by atomic mass is 32.2. The van der Waals surface area contributed by atoms with Crippen LogP contribution in [0.3, 0.4) is 0 Å². The summed E-state index contributed by atoms with van der Waals surface area (Å²) in [7, 11) is 0. The number of nitrogens with zero attached hydrogens (tertiary/aromatic N) is 1. The molecule has 1 atom stereocenters. The molecule has 4 nitrogen and oxygen atoms in total. The molecular weight excluding hydrogens is 222 g/mol. The zero-order valence-electron chi connectivity index (χ0n) is 10.6. The molecule has 0 aromatic carbocycles. The van der Waals surface area contributed by atoms with Gasteiger partial charge in [-0.05, 0) is 34.6 Å². The Morgan fingerprint density at radius 3 is 2.56 bits per heavy atom. The van der Waals surface area contributed by atoms with Crippen LogP contribution in [0.15, 0.2) is 4.99 Å². The lowest BCUT2D eigenvalue weighted by atomic mass is 10.1. The molecule has 0 aromatic rings. The number of carbonyl (C=O) groups is 1. The van der Waals surface area contributed by atoms with E-state index in [4.69, 9.17) is 0 Å². The lowest BCUT2D eigenvalue weighted by Gasteiger charge is -2.16. The summed E-state index contributed by atoms with van der Waals surface area (Å²) >= 11 is 1.67. The highest BCUT2D eigenvalue weighted by Gasteiger charge is 2.28. The van der Waals surface area contributed by atoms with E-state index in [9.17, 15) is 4.79 Å². The summed E-state index contributed by atoms with van der Waals surface area (Å²) in [5.74, 6) is 0.972. The first kappa shape index (κ1) is 13.4. The van der Waals surface area contributed by atoms with Crippen molar-refractivity contribution in [3.8, 4) is 0 Å². The van der Waals surface area contributed by atoms with E-state index in [1.54, 1.807) is 11.8 Å². The maximum atomic E-state index is 11.6. The highest BCUT2D eigenvalue weighted by molar-refractivity contribution is 8.14. The monoisotopic (exact) mass is 243 g/mol. The molecule has 0 bridgehead atoms. The lowest BCUT2D eigenvalue weighted by Crippen LogP contribution is -2.39. The predicted octanol–water partition coefficient (Wildman–Crippen LogP) is 1.37. The number of nitrogens with one attached hydrogen (secondary N) is 2. The van der Waals surface area contributed by atoms with Gasteiger partial charge in [-0.3, -0.25) is 4.79 Å². The minimum atomic E-state index is -0.328. The standard InChI is InChI=1S/C11H21N3OS/c1-7(2)12-9(15)8(3)13-10-14-11(4,5)6-16-10/h7-8H,6H2,1-5H3,(H,12,15)(H,13,14). The Bertz CT molecular complexity index is 300. The molecule has 0 aliphatic carbocycles. The van der Waals surface area contributed by atoms with Gasteiger partial charge in [-0.2, -0.15) is 0 Å². The van der Waals surface area contributed by atoms with E-state index >= 15 is 0 Å². The topological polar surface area (TPSA) is 53.5 Å². The fraction of sp³-hybridized carbons (Fsp3) is 0.818. The number of rotatable bonds is 3. The zero-order chi connectivity index (χ0) is 12.3. The number of aliphatic imine (C=N–C) groups is 1. The van der Waals surface area contributed by atoms with Crippen LogP contribution in [0, 0.1) is 0 Å². The molecule has 0 spiro atoms. The minimum absolute atomic E-state index is 0.0189. The van der Waals surface area contributed by atoms with Crippen molar-refractivity contribution in [2.75, 3.05) is 5.75 Å². The number of carbonyl (C=O) groups excluding carboxylic acids is 1. The number of hydrogen-bond acceptors (Lipinski definition) is 3. The van der Waals surface area contributed by atoms with Crippen LogP contribution in [0.1, 0.15) is 34.6 Å². The van der Waals surface area contributed by atoms with Gasteiger partial charge in [-0.1, -0.05) is 11.8 Å². The molecule has 0 radical (unpaired) electrons. The Hall–Kier alpha value is -0.710. The van der Waals surface area contributed by atoms with Gasteiger partial charge in [0.2, 0.25) is 5.91 Å². The summed E-state index contributed by atoms with van der Waals surface area (Å²) in [5, 5.41) is 7.03. The molecule has 1 aliphatic rings. The average Bonchev–Trinajstić information content (AvgIpc) is 2.44. The Morgan fingerprint density at radius 1 is 1.50 bits per heavy atom. The van der Waals surface area contributed by atoms with Crippen LogP contribution in [0.5, 0.6) is 0 Å². The van der Waals surface area contributed by atoms with Crippen molar-refractivity contribution in [3.63, 3.8) is 0 Å². The Labute approximate surface area is 102 Å². The molecular formula is C11H21N3OS. The normalized spacial score (nSPS) is 23.2. The summed E-state index contributed by atoms with van der Waals surface area (Å²) in [4.78, 5) is 16.0. The summed E-state index contributed by atoms with van der Waals surface area (Å²) < 4.78 is 0. The third kappa shape index (κ3) is 4.04. The van der Waals surface area contributed by atoms with E-state index in [-0.39, 0.29) is 23.5 Å². The van der Waals surface area contributed by atoms with E-state index in [2.05, 4.69) is 29.5 Å². The average molecular weight is 243 g/mol. The van der Waals surface area contributed by atoms with Crippen LogP contribution in [-0.4, -0.2) is 34.5 Å². The van der Waals surface area contributed by atoms with Crippen molar-refractivity contribution in [1.29, 1.82) is 0 Å². The van der Waals surface area contributed by atoms with Crippen LogP contribution >= 0.6 is 11.8 Å². The van der Waals surface area contributed by atoms with E-state index in [1.165, 1.54) is 0 Å². The van der Waals surface area contributed by atoms with Crippen LogP contribution in [0.2, 0.25) is 0 Å². The molecule has 1 amide bonds. The summed E-state index contributed by atoms with van der Waals surface area (Å²) in [6, 6.07) is -0.165. The predicted molar refractivity (Wildman–Crippen MR) is 69.8 cm³/mol. The molecule has 1 saturated heterocycles. The molecule has 0 saturated carbocycles. The third-order valence-corrected chi connectivity index (χ3v) is 3.48. The van der Waals surface area contributed by atoms with E-state index in [0.717, 1.165) is 10.9 Å².